The molecule has 0 aromatic heterocycles. The quantitative estimate of drug-likeness (QED) is 0.897. The van der Waals surface area contributed by atoms with E-state index in [-0.39, 0.29) is 10.0 Å². The smallest absolute Gasteiger partial charge is 0.336 e. The summed E-state index contributed by atoms with van der Waals surface area (Å²) in [5.74, 6) is -1.60. The molecule has 0 saturated carbocycles. The Morgan fingerprint density at radius 3 is 2.90 bits per heavy atom. The molecule has 1 aromatic carbocycles. The number of piperazine rings is 1. The second-order valence-electron chi connectivity index (χ2n) is 5.34. The summed E-state index contributed by atoms with van der Waals surface area (Å²) in [5, 5.41) is 9.00. The third-order valence-electron chi connectivity index (χ3n) is 4.22. The van der Waals surface area contributed by atoms with Gasteiger partial charge in [0.15, 0.2) is 5.82 Å². The minimum Gasteiger partial charge on any atom is -0.478 e. The van der Waals surface area contributed by atoms with Gasteiger partial charge in [0.05, 0.1) is 15.7 Å². The molecule has 108 valence electrons. The van der Waals surface area contributed by atoms with E-state index < -0.39 is 11.8 Å². The van der Waals surface area contributed by atoms with Crippen LogP contribution in [-0.2, 0) is 0 Å². The summed E-state index contributed by atoms with van der Waals surface area (Å²) in [6, 6.07) is 3.54. The summed E-state index contributed by atoms with van der Waals surface area (Å²) in [6.07, 6.45) is 2.37. The van der Waals surface area contributed by atoms with Crippen molar-refractivity contribution in [1.29, 1.82) is 0 Å². The average Bonchev–Trinajstić information content (AvgIpc) is 2.88. The summed E-state index contributed by atoms with van der Waals surface area (Å²) in [4.78, 5) is 15.5. The summed E-state index contributed by atoms with van der Waals surface area (Å²) >= 11 is 3.06. The maximum absolute atomic E-state index is 14.4. The van der Waals surface area contributed by atoms with Crippen molar-refractivity contribution >= 4 is 27.6 Å². The van der Waals surface area contributed by atoms with E-state index in [1.54, 1.807) is 6.07 Å². The molecule has 1 atom stereocenters. The Bertz CT molecular complexity index is 552. The first-order valence-electron chi connectivity index (χ1n) is 6.78. The predicted molar refractivity (Wildman–Crippen MR) is 77.9 cm³/mol. The largest absolute Gasteiger partial charge is 0.478 e. The van der Waals surface area contributed by atoms with E-state index >= 15 is 0 Å². The van der Waals surface area contributed by atoms with E-state index in [9.17, 15) is 9.18 Å². The first-order chi connectivity index (χ1) is 9.58. The zero-order valence-corrected chi connectivity index (χ0v) is 12.6. The average molecular weight is 343 g/mol. The molecular formula is C14H16BrFN2O2. The van der Waals surface area contributed by atoms with Crippen molar-refractivity contribution < 1.29 is 14.3 Å². The number of nitrogens with zero attached hydrogens (tertiary/aromatic N) is 2. The number of carboxylic acids is 1. The molecule has 2 aliphatic rings. The molecule has 20 heavy (non-hydrogen) atoms. The number of halogens is 2. The lowest BCUT2D eigenvalue weighted by Gasteiger charge is -2.39. The Kier molecular flexibility index (Phi) is 3.69. The summed E-state index contributed by atoms with van der Waals surface area (Å²) in [5.41, 5.74) is 0.458. The number of benzene rings is 1. The standard InChI is InChI=1S/C14H16BrFN2O2/c15-12-10(14(19)20)3-4-11(13(12)16)18-7-6-17-5-1-2-9(17)8-18/h3-4,9H,1-2,5-8H2,(H,19,20). The van der Waals surface area contributed by atoms with Gasteiger partial charge >= 0.3 is 5.97 Å². The SMILES string of the molecule is O=C(O)c1ccc(N2CCN3CCCC3C2)c(F)c1Br. The van der Waals surface area contributed by atoms with Crippen LogP contribution in [-0.4, -0.2) is 48.2 Å². The lowest BCUT2D eigenvalue weighted by molar-refractivity contribution is 0.0695. The molecule has 0 spiro atoms. The fourth-order valence-electron chi connectivity index (χ4n) is 3.16. The van der Waals surface area contributed by atoms with Gasteiger partial charge in [-0.15, -0.1) is 0 Å². The molecule has 1 aromatic rings. The minimum atomic E-state index is -1.12. The van der Waals surface area contributed by atoms with Gasteiger partial charge in [0.2, 0.25) is 0 Å². The number of hydrogen-bond acceptors (Lipinski definition) is 3. The number of carboxylic acid groups (broad SMARTS) is 1. The number of hydrogen-bond donors (Lipinski definition) is 1. The van der Waals surface area contributed by atoms with Crippen molar-refractivity contribution in [3.05, 3.63) is 28.0 Å². The Balaban J connectivity index is 1.87. The van der Waals surface area contributed by atoms with Crippen molar-refractivity contribution in [2.75, 3.05) is 31.1 Å². The van der Waals surface area contributed by atoms with Crippen molar-refractivity contribution in [2.45, 2.75) is 18.9 Å². The third kappa shape index (κ3) is 2.31. The van der Waals surface area contributed by atoms with Crippen LogP contribution in [0.5, 0.6) is 0 Å². The molecular weight excluding hydrogens is 327 g/mol. The van der Waals surface area contributed by atoms with Crippen molar-refractivity contribution in [3.8, 4) is 0 Å². The summed E-state index contributed by atoms with van der Waals surface area (Å²) in [6.45, 7) is 3.69. The van der Waals surface area contributed by atoms with Crippen LogP contribution in [0, 0.1) is 5.82 Å². The number of fused-ring (bicyclic) bond motifs is 1. The number of aromatic carboxylic acids is 1. The predicted octanol–water partition coefficient (Wildman–Crippen LogP) is 2.57. The first kappa shape index (κ1) is 13.8. The maximum Gasteiger partial charge on any atom is 0.336 e. The normalized spacial score (nSPS) is 22.9. The molecule has 2 aliphatic heterocycles. The molecule has 0 amide bonds. The zero-order chi connectivity index (χ0) is 14.3. The van der Waals surface area contributed by atoms with E-state index in [0.29, 0.717) is 11.7 Å². The lowest BCUT2D eigenvalue weighted by Crippen LogP contribution is -2.50. The van der Waals surface area contributed by atoms with Gasteiger partial charge in [0.25, 0.3) is 0 Å². The van der Waals surface area contributed by atoms with Crippen LogP contribution in [0.4, 0.5) is 10.1 Å². The third-order valence-corrected chi connectivity index (χ3v) is 5.00. The van der Waals surface area contributed by atoms with Crippen LogP contribution in [0.25, 0.3) is 0 Å². The minimum absolute atomic E-state index is 0.0363. The Morgan fingerprint density at radius 2 is 2.15 bits per heavy atom. The highest BCUT2D eigenvalue weighted by Crippen LogP contribution is 2.32. The van der Waals surface area contributed by atoms with E-state index in [1.165, 1.54) is 12.5 Å². The van der Waals surface area contributed by atoms with Crippen molar-refractivity contribution in [1.82, 2.24) is 4.90 Å². The number of carbonyl (C=O) groups is 1. The molecule has 4 nitrogen and oxygen atoms in total. The highest BCUT2D eigenvalue weighted by atomic mass is 79.9. The lowest BCUT2D eigenvalue weighted by atomic mass is 10.1. The van der Waals surface area contributed by atoms with Gasteiger partial charge in [-0.05, 0) is 47.4 Å². The van der Waals surface area contributed by atoms with Crippen LogP contribution in [0.3, 0.4) is 0 Å². The maximum atomic E-state index is 14.4. The van der Waals surface area contributed by atoms with E-state index in [1.807, 2.05) is 4.90 Å². The fourth-order valence-corrected chi connectivity index (χ4v) is 3.66. The summed E-state index contributed by atoms with van der Waals surface area (Å²) in [7, 11) is 0. The van der Waals surface area contributed by atoms with Gasteiger partial charge < -0.3 is 10.0 Å². The number of rotatable bonds is 2. The van der Waals surface area contributed by atoms with Gasteiger partial charge in [0.1, 0.15) is 0 Å². The van der Waals surface area contributed by atoms with Crippen LogP contribution < -0.4 is 4.90 Å². The van der Waals surface area contributed by atoms with Gasteiger partial charge in [-0.1, -0.05) is 0 Å². The molecule has 1 N–H and O–H groups in total. The molecule has 2 fully saturated rings. The van der Waals surface area contributed by atoms with Crippen LogP contribution in [0.15, 0.2) is 16.6 Å². The molecule has 1 unspecified atom stereocenters. The molecule has 6 heteroatoms. The Hall–Kier alpha value is -1.14. The van der Waals surface area contributed by atoms with Crippen molar-refractivity contribution in [2.24, 2.45) is 0 Å². The molecule has 0 radical (unpaired) electrons. The molecule has 0 bridgehead atoms. The van der Waals surface area contributed by atoms with Gasteiger partial charge in [0, 0.05) is 25.7 Å². The first-order valence-corrected chi connectivity index (χ1v) is 7.57. The summed E-state index contributed by atoms with van der Waals surface area (Å²) < 4.78 is 14.4. The van der Waals surface area contributed by atoms with Crippen molar-refractivity contribution in [3.63, 3.8) is 0 Å². The molecule has 2 saturated heterocycles. The fraction of sp³-hybridized carbons (Fsp3) is 0.500. The molecule has 0 aliphatic carbocycles. The second kappa shape index (κ2) is 5.33. The Labute approximate surface area is 125 Å². The highest BCUT2D eigenvalue weighted by Gasteiger charge is 2.32. The van der Waals surface area contributed by atoms with Crippen LogP contribution in [0.1, 0.15) is 23.2 Å². The van der Waals surface area contributed by atoms with E-state index in [4.69, 9.17) is 5.11 Å². The number of anilines is 1. The van der Waals surface area contributed by atoms with Crippen LogP contribution >= 0.6 is 15.9 Å². The monoisotopic (exact) mass is 342 g/mol. The highest BCUT2D eigenvalue weighted by molar-refractivity contribution is 9.10. The molecule has 3 rings (SSSR count). The topological polar surface area (TPSA) is 43.8 Å². The second-order valence-corrected chi connectivity index (χ2v) is 6.14. The Morgan fingerprint density at radius 1 is 1.35 bits per heavy atom. The van der Waals surface area contributed by atoms with Gasteiger partial charge in [-0.2, -0.15) is 0 Å². The van der Waals surface area contributed by atoms with Gasteiger partial charge in [-0.3, -0.25) is 4.90 Å². The van der Waals surface area contributed by atoms with Crippen LogP contribution in [0.2, 0.25) is 0 Å². The van der Waals surface area contributed by atoms with E-state index in [0.717, 1.165) is 32.6 Å². The zero-order valence-electron chi connectivity index (χ0n) is 11.0. The molecule has 2 heterocycles. The van der Waals surface area contributed by atoms with E-state index in [2.05, 4.69) is 20.8 Å². The van der Waals surface area contributed by atoms with Gasteiger partial charge in [-0.25, -0.2) is 9.18 Å².